The molecule has 0 aliphatic carbocycles. The maximum absolute atomic E-state index is 11.7. The predicted molar refractivity (Wildman–Crippen MR) is 41.1 cm³/mol. The largest absolute Gasteiger partial charge is 0.389 e. The van der Waals surface area contributed by atoms with E-state index in [1.165, 1.54) is 0 Å². The summed E-state index contributed by atoms with van der Waals surface area (Å²) in [5.41, 5.74) is 0. The van der Waals surface area contributed by atoms with Crippen molar-refractivity contribution in [3.63, 3.8) is 0 Å². The van der Waals surface area contributed by atoms with Crippen LogP contribution in [-0.2, 0) is 9.59 Å². The second-order valence-electron chi connectivity index (χ2n) is 2.88. The summed E-state index contributed by atoms with van der Waals surface area (Å²) < 4.78 is 35.2. The summed E-state index contributed by atoms with van der Waals surface area (Å²) in [5.74, 6) is -1.09. The highest BCUT2D eigenvalue weighted by atomic mass is 19.4. The lowest BCUT2D eigenvalue weighted by Crippen LogP contribution is -2.31. The molecule has 1 heterocycles. The minimum absolute atomic E-state index is 0.176. The Morgan fingerprint density at radius 3 is 2.07 bits per heavy atom. The number of nitrogens with zero attached hydrogens (tertiary/aromatic N) is 1. The van der Waals surface area contributed by atoms with Gasteiger partial charge in [0.25, 0.3) is 11.8 Å². The van der Waals surface area contributed by atoms with E-state index in [-0.39, 0.29) is 13.0 Å². The first kappa shape index (κ1) is 10.7. The van der Waals surface area contributed by atoms with E-state index < -0.39 is 24.4 Å². The second-order valence-corrected chi connectivity index (χ2v) is 2.88. The van der Waals surface area contributed by atoms with Crippen molar-refractivity contribution in [3.05, 3.63) is 12.2 Å². The molecule has 0 radical (unpaired) electrons. The number of carbonyl (C=O) groups is 2. The lowest BCUT2D eigenvalue weighted by Gasteiger charge is -2.13. The molecule has 1 aliphatic rings. The quantitative estimate of drug-likeness (QED) is 0.653. The van der Waals surface area contributed by atoms with Crippen LogP contribution in [0.2, 0.25) is 0 Å². The maximum atomic E-state index is 11.7. The third-order valence-corrected chi connectivity index (χ3v) is 1.74. The molecule has 0 bridgehead atoms. The Morgan fingerprint density at radius 2 is 1.64 bits per heavy atom. The molecule has 0 saturated heterocycles. The topological polar surface area (TPSA) is 37.4 Å². The van der Waals surface area contributed by atoms with Gasteiger partial charge < -0.3 is 0 Å². The van der Waals surface area contributed by atoms with Gasteiger partial charge in [0.05, 0.1) is 0 Å². The van der Waals surface area contributed by atoms with Crippen LogP contribution in [0.3, 0.4) is 0 Å². The van der Waals surface area contributed by atoms with Gasteiger partial charge in [-0.2, -0.15) is 13.2 Å². The molecule has 78 valence electrons. The molecule has 1 rings (SSSR count). The molecule has 0 unspecified atom stereocenters. The summed E-state index contributed by atoms with van der Waals surface area (Å²) in [6.45, 7) is -0.176. The smallest absolute Gasteiger partial charge is 0.275 e. The van der Waals surface area contributed by atoms with Crippen molar-refractivity contribution in [3.8, 4) is 0 Å². The summed E-state index contributed by atoms with van der Waals surface area (Å²) in [7, 11) is 0. The maximum Gasteiger partial charge on any atom is 0.389 e. The van der Waals surface area contributed by atoms with E-state index in [1.54, 1.807) is 0 Å². The average molecular weight is 207 g/mol. The number of rotatable bonds is 3. The summed E-state index contributed by atoms with van der Waals surface area (Å²) in [4.78, 5) is 22.6. The Hall–Kier alpha value is -1.33. The van der Waals surface area contributed by atoms with E-state index in [2.05, 4.69) is 0 Å². The van der Waals surface area contributed by atoms with Crippen LogP contribution < -0.4 is 0 Å². The van der Waals surface area contributed by atoms with Crippen molar-refractivity contribution in [2.75, 3.05) is 6.54 Å². The van der Waals surface area contributed by atoms with Crippen molar-refractivity contribution >= 4 is 11.8 Å². The zero-order valence-electron chi connectivity index (χ0n) is 7.17. The first-order chi connectivity index (χ1) is 6.40. The molecule has 0 aromatic rings. The fourth-order valence-electron chi connectivity index (χ4n) is 1.09. The Balaban J connectivity index is 2.33. The van der Waals surface area contributed by atoms with Crippen molar-refractivity contribution in [2.24, 2.45) is 0 Å². The van der Waals surface area contributed by atoms with E-state index in [4.69, 9.17) is 0 Å². The van der Waals surface area contributed by atoms with Crippen LogP contribution in [0.1, 0.15) is 12.8 Å². The molecule has 14 heavy (non-hydrogen) atoms. The summed E-state index contributed by atoms with van der Waals surface area (Å²) >= 11 is 0. The van der Waals surface area contributed by atoms with Crippen molar-refractivity contribution in [1.82, 2.24) is 4.90 Å². The summed E-state index contributed by atoms with van der Waals surface area (Å²) in [5, 5.41) is 0. The fraction of sp³-hybridized carbons (Fsp3) is 0.500. The zero-order chi connectivity index (χ0) is 10.8. The van der Waals surface area contributed by atoms with E-state index in [9.17, 15) is 22.8 Å². The number of halogens is 3. The van der Waals surface area contributed by atoms with Gasteiger partial charge in [0, 0.05) is 25.1 Å². The number of carbonyl (C=O) groups excluding carboxylic acids is 2. The standard InChI is InChI=1S/C8H8F3NO2/c9-8(10,11)4-1-5-12-6(13)2-3-7(12)14/h2-3H,1,4-5H2. The highest BCUT2D eigenvalue weighted by Crippen LogP contribution is 2.21. The van der Waals surface area contributed by atoms with Crippen molar-refractivity contribution in [2.45, 2.75) is 19.0 Å². The van der Waals surface area contributed by atoms with Gasteiger partial charge in [-0.3, -0.25) is 14.5 Å². The van der Waals surface area contributed by atoms with Crippen LogP contribution in [0.5, 0.6) is 0 Å². The van der Waals surface area contributed by atoms with E-state index >= 15 is 0 Å². The van der Waals surface area contributed by atoms with Gasteiger partial charge in [-0.05, 0) is 6.42 Å². The molecule has 6 heteroatoms. The lowest BCUT2D eigenvalue weighted by molar-refractivity contribution is -0.143. The van der Waals surface area contributed by atoms with Gasteiger partial charge in [0.2, 0.25) is 0 Å². The molecule has 3 nitrogen and oxygen atoms in total. The van der Waals surface area contributed by atoms with Crippen LogP contribution in [-0.4, -0.2) is 29.4 Å². The first-order valence-corrected chi connectivity index (χ1v) is 4.00. The molecule has 0 spiro atoms. The third kappa shape index (κ3) is 2.86. The Morgan fingerprint density at radius 1 is 1.14 bits per heavy atom. The van der Waals surface area contributed by atoms with E-state index in [0.717, 1.165) is 17.1 Å². The number of alkyl halides is 3. The predicted octanol–water partition coefficient (Wildman–Crippen LogP) is 1.25. The molecule has 1 aliphatic heterocycles. The number of imide groups is 1. The van der Waals surface area contributed by atoms with Crippen LogP contribution in [0.15, 0.2) is 12.2 Å². The Labute approximate surface area is 78.2 Å². The van der Waals surface area contributed by atoms with Gasteiger partial charge in [-0.25, -0.2) is 0 Å². The zero-order valence-corrected chi connectivity index (χ0v) is 7.17. The highest BCUT2D eigenvalue weighted by molar-refractivity contribution is 6.12. The monoisotopic (exact) mass is 207 g/mol. The fourth-order valence-corrected chi connectivity index (χ4v) is 1.09. The molecule has 0 aromatic carbocycles. The van der Waals surface area contributed by atoms with Gasteiger partial charge in [-0.1, -0.05) is 0 Å². The molecule has 0 aromatic heterocycles. The molecule has 2 amide bonds. The number of amides is 2. The van der Waals surface area contributed by atoms with Gasteiger partial charge in [-0.15, -0.1) is 0 Å². The van der Waals surface area contributed by atoms with Crippen molar-refractivity contribution < 1.29 is 22.8 Å². The molecule has 0 N–H and O–H groups in total. The molecule has 0 atom stereocenters. The second kappa shape index (κ2) is 3.81. The normalized spacial score (nSPS) is 16.9. The highest BCUT2D eigenvalue weighted by Gasteiger charge is 2.28. The average Bonchev–Trinajstić information content (AvgIpc) is 2.33. The van der Waals surface area contributed by atoms with Crippen LogP contribution in [0, 0.1) is 0 Å². The van der Waals surface area contributed by atoms with E-state index in [0.29, 0.717) is 0 Å². The molecular weight excluding hydrogens is 199 g/mol. The minimum atomic E-state index is -4.24. The molecule has 0 saturated carbocycles. The Kier molecular flexibility index (Phi) is 2.93. The lowest BCUT2D eigenvalue weighted by atomic mass is 10.3. The van der Waals surface area contributed by atoms with Gasteiger partial charge >= 0.3 is 6.18 Å². The third-order valence-electron chi connectivity index (χ3n) is 1.74. The Bertz CT molecular complexity index is 265. The van der Waals surface area contributed by atoms with Crippen LogP contribution in [0.4, 0.5) is 13.2 Å². The molecule has 0 fully saturated rings. The number of hydrogen-bond donors (Lipinski definition) is 0. The van der Waals surface area contributed by atoms with Gasteiger partial charge in [0.15, 0.2) is 0 Å². The minimum Gasteiger partial charge on any atom is -0.275 e. The van der Waals surface area contributed by atoms with Crippen LogP contribution in [0.25, 0.3) is 0 Å². The van der Waals surface area contributed by atoms with Crippen molar-refractivity contribution in [1.29, 1.82) is 0 Å². The molecular formula is C8H8F3NO2. The van der Waals surface area contributed by atoms with E-state index in [1.807, 2.05) is 0 Å². The number of hydrogen-bond acceptors (Lipinski definition) is 2. The summed E-state index contributed by atoms with van der Waals surface area (Å²) in [6, 6.07) is 0. The van der Waals surface area contributed by atoms with Crippen LogP contribution >= 0.6 is 0 Å². The summed E-state index contributed by atoms with van der Waals surface area (Å²) in [6.07, 6.45) is -3.36. The van der Waals surface area contributed by atoms with Gasteiger partial charge in [0.1, 0.15) is 0 Å². The first-order valence-electron chi connectivity index (χ1n) is 4.00. The SMILES string of the molecule is O=C1C=CC(=O)N1CCCC(F)(F)F.